The number of fused-ring (bicyclic) bond motifs is 5. The number of carbonyl (C=O) groups is 1. The number of carbonyl (C=O) groups excluding carboxylic acids is 1. The predicted octanol–water partition coefficient (Wildman–Crippen LogP) is 3.99. The van der Waals surface area contributed by atoms with E-state index in [-0.39, 0.29) is 34.2 Å². The Labute approximate surface area is 168 Å². The number of ether oxygens (including phenoxy) is 1. The Morgan fingerprint density at radius 2 is 1.68 bits per heavy atom. The van der Waals surface area contributed by atoms with E-state index in [0.717, 1.165) is 63.4 Å². The van der Waals surface area contributed by atoms with Gasteiger partial charge in [-0.05, 0) is 91.9 Å². The molecule has 0 aromatic rings. The molecule has 8 atom stereocenters. The van der Waals surface area contributed by atoms with Crippen molar-refractivity contribution >= 4 is 5.97 Å². The van der Waals surface area contributed by atoms with Crippen molar-refractivity contribution in [2.24, 2.45) is 34.0 Å². The summed E-state index contributed by atoms with van der Waals surface area (Å²) in [5.74, 6) is 0.915. The SMILES string of the molecule is CC12CCC3C(CC[C@]4(C)CC(O)CCC34C)C1(O)CCC2C1=CC(=O)OC1. The summed E-state index contributed by atoms with van der Waals surface area (Å²) in [6, 6.07) is 0. The third-order valence-electron chi connectivity index (χ3n) is 10.7. The van der Waals surface area contributed by atoms with Crippen LogP contribution in [0.1, 0.15) is 78.6 Å². The smallest absolute Gasteiger partial charge is 0.331 e. The van der Waals surface area contributed by atoms with Crippen LogP contribution in [0, 0.1) is 34.0 Å². The van der Waals surface area contributed by atoms with Gasteiger partial charge in [0.05, 0.1) is 11.7 Å². The second kappa shape index (κ2) is 5.85. The molecule has 4 heteroatoms. The summed E-state index contributed by atoms with van der Waals surface area (Å²) in [5, 5.41) is 22.5. The molecule has 0 bridgehead atoms. The average molecular weight is 389 g/mol. The first-order valence-electron chi connectivity index (χ1n) is 11.4. The van der Waals surface area contributed by atoms with E-state index in [4.69, 9.17) is 4.74 Å². The summed E-state index contributed by atoms with van der Waals surface area (Å²) in [4.78, 5) is 11.7. The zero-order valence-corrected chi connectivity index (χ0v) is 17.7. The van der Waals surface area contributed by atoms with Crippen LogP contribution in [0.15, 0.2) is 11.6 Å². The lowest BCUT2D eigenvalue weighted by atomic mass is 9.39. The van der Waals surface area contributed by atoms with E-state index < -0.39 is 5.60 Å². The molecule has 28 heavy (non-hydrogen) atoms. The van der Waals surface area contributed by atoms with Crippen molar-refractivity contribution < 1.29 is 19.7 Å². The Morgan fingerprint density at radius 1 is 0.964 bits per heavy atom. The fourth-order valence-electron chi connectivity index (χ4n) is 8.76. The molecule has 2 N–H and O–H groups in total. The molecule has 1 heterocycles. The molecule has 0 aromatic carbocycles. The van der Waals surface area contributed by atoms with Gasteiger partial charge in [-0.2, -0.15) is 0 Å². The number of hydrogen-bond acceptors (Lipinski definition) is 4. The van der Waals surface area contributed by atoms with Gasteiger partial charge in [0, 0.05) is 11.5 Å². The fraction of sp³-hybridized carbons (Fsp3) is 0.875. The average Bonchev–Trinajstić information content (AvgIpc) is 3.17. The first kappa shape index (κ1) is 19.1. The molecule has 0 spiro atoms. The van der Waals surface area contributed by atoms with E-state index in [0.29, 0.717) is 18.4 Å². The highest BCUT2D eigenvalue weighted by Crippen LogP contribution is 2.72. The van der Waals surface area contributed by atoms with Gasteiger partial charge in [0.2, 0.25) is 0 Å². The minimum Gasteiger partial charge on any atom is -0.458 e. The van der Waals surface area contributed by atoms with Crippen LogP contribution in [0.4, 0.5) is 0 Å². The van der Waals surface area contributed by atoms with Gasteiger partial charge >= 0.3 is 5.97 Å². The Bertz CT molecular complexity index is 730. The van der Waals surface area contributed by atoms with Gasteiger partial charge in [0.15, 0.2) is 0 Å². The number of hydrogen-bond donors (Lipinski definition) is 2. The van der Waals surface area contributed by atoms with E-state index in [2.05, 4.69) is 20.8 Å². The standard InChI is InChI=1S/C24H36O4/c1-21-8-5-19-18(22(21,2)9-4-16(25)13-21)6-10-23(3)17(7-11-24(19,23)27)15-12-20(26)28-14-15/h12,16-19,25,27H,4-11,13-14H2,1-3H3/t16?,17?,18?,19?,21-,22?,23?,24?/m1/s1. The number of esters is 1. The van der Waals surface area contributed by atoms with Gasteiger partial charge in [-0.3, -0.25) is 0 Å². The predicted molar refractivity (Wildman–Crippen MR) is 106 cm³/mol. The highest BCUT2D eigenvalue weighted by molar-refractivity contribution is 5.85. The van der Waals surface area contributed by atoms with Gasteiger partial charge in [-0.15, -0.1) is 0 Å². The first-order valence-corrected chi connectivity index (χ1v) is 11.4. The molecule has 156 valence electrons. The van der Waals surface area contributed by atoms with E-state index >= 15 is 0 Å². The minimum atomic E-state index is -0.645. The maximum absolute atomic E-state index is 12.2. The van der Waals surface area contributed by atoms with Gasteiger partial charge in [0.25, 0.3) is 0 Å². The maximum atomic E-state index is 12.2. The Morgan fingerprint density at radius 3 is 2.39 bits per heavy atom. The minimum absolute atomic E-state index is 0.158. The number of aliphatic hydroxyl groups is 2. The van der Waals surface area contributed by atoms with Crippen molar-refractivity contribution in [2.75, 3.05) is 6.61 Å². The lowest BCUT2D eigenvalue weighted by Crippen LogP contribution is -2.64. The number of cyclic esters (lactones) is 1. The summed E-state index contributed by atoms with van der Waals surface area (Å²) >= 11 is 0. The first-order chi connectivity index (χ1) is 13.1. The van der Waals surface area contributed by atoms with Crippen LogP contribution in [0.5, 0.6) is 0 Å². The van der Waals surface area contributed by atoms with Crippen LogP contribution in [0.25, 0.3) is 0 Å². The molecular weight excluding hydrogens is 352 g/mol. The van der Waals surface area contributed by atoms with Gasteiger partial charge in [-0.1, -0.05) is 20.8 Å². The Balaban J connectivity index is 1.49. The molecule has 0 aromatic heterocycles. The van der Waals surface area contributed by atoms with Crippen LogP contribution < -0.4 is 0 Å². The lowest BCUT2D eigenvalue weighted by Gasteiger charge is -2.67. The maximum Gasteiger partial charge on any atom is 0.331 e. The van der Waals surface area contributed by atoms with E-state index in [9.17, 15) is 15.0 Å². The largest absolute Gasteiger partial charge is 0.458 e. The molecular formula is C24H36O4. The lowest BCUT2D eigenvalue weighted by molar-refractivity contribution is -0.228. The number of rotatable bonds is 1. The second-order valence-electron chi connectivity index (χ2n) is 11.4. The zero-order valence-electron chi connectivity index (χ0n) is 17.7. The molecule has 1 aliphatic heterocycles. The molecule has 0 saturated heterocycles. The molecule has 4 saturated carbocycles. The third kappa shape index (κ3) is 2.22. The van der Waals surface area contributed by atoms with Crippen molar-refractivity contribution in [2.45, 2.75) is 90.3 Å². The molecule has 4 aliphatic carbocycles. The van der Waals surface area contributed by atoms with E-state index in [1.807, 2.05) is 0 Å². The molecule has 5 aliphatic rings. The van der Waals surface area contributed by atoms with Crippen molar-refractivity contribution in [3.63, 3.8) is 0 Å². The summed E-state index contributed by atoms with van der Waals surface area (Å²) in [7, 11) is 0. The fourth-order valence-corrected chi connectivity index (χ4v) is 8.76. The van der Waals surface area contributed by atoms with Crippen LogP contribution in [-0.4, -0.2) is 34.5 Å². The summed E-state index contributed by atoms with van der Waals surface area (Å²) in [6.45, 7) is 7.55. The van der Waals surface area contributed by atoms with Gasteiger partial charge < -0.3 is 14.9 Å². The zero-order chi connectivity index (χ0) is 19.9. The van der Waals surface area contributed by atoms with Crippen molar-refractivity contribution in [3.8, 4) is 0 Å². The summed E-state index contributed by atoms with van der Waals surface area (Å²) in [6.07, 6.45) is 10.6. The van der Waals surface area contributed by atoms with Crippen molar-refractivity contribution in [1.29, 1.82) is 0 Å². The molecule has 5 rings (SSSR count). The Kier molecular flexibility index (Phi) is 3.99. The van der Waals surface area contributed by atoms with Gasteiger partial charge in [0.1, 0.15) is 6.61 Å². The highest BCUT2D eigenvalue weighted by atomic mass is 16.5. The van der Waals surface area contributed by atoms with Crippen LogP contribution in [0.3, 0.4) is 0 Å². The third-order valence-corrected chi connectivity index (χ3v) is 10.7. The van der Waals surface area contributed by atoms with Crippen LogP contribution in [-0.2, 0) is 9.53 Å². The number of aliphatic hydroxyl groups excluding tert-OH is 1. The Hall–Kier alpha value is -0.870. The van der Waals surface area contributed by atoms with E-state index in [1.165, 1.54) is 0 Å². The molecule has 0 amide bonds. The van der Waals surface area contributed by atoms with E-state index in [1.54, 1.807) is 6.08 Å². The quantitative estimate of drug-likeness (QED) is 0.667. The second-order valence-corrected chi connectivity index (χ2v) is 11.4. The molecule has 4 nitrogen and oxygen atoms in total. The van der Waals surface area contributed by atoms with Crippen molar-refractivity contribution in [3.05, 3.63) is 11.6 Å². The van der Waals surface area contributed by atoms with Crippen molar-refractivity contribution in [1.82, 2.24) is 0 Å². The molecule has 7 unspecified atom stereocenters. The molecule has 0 radical (unpaired) electrons. The monoisotopic (exact) mass is 388 g/mol. The highest BCUT2D eigenvalue weighted by Gasteiger charge is 2.69. The van der Waals surface area contributed by atoms with Gasteiger partial charge in [-0.25, -0.2) is 4.79 Å². The van der Waals surface area contributed by atoms with Crippen LogP contribution in [0.2, 0.25) is 0 Å². The normalized spacial score (nSPS) is 55.8. The summed E-state index contributed by atoms with van der Waals surface area (Å²) < 4.78 is 5.22. The molecule has 4 fully saturated rings. The summed E-state index contributed by atoms with van der Waals surface area (Å²) in [5.41, 5.74) is 0.687. The van der Waals surface area contributed by atoms with Crippen LogP contribution >= 0.6 is 0 Å². The topological polar surface area (TPSA) is 66.8 Å².